The van der Waals surface area contributed by atoms with Gasteiger partial charge in [0.2, 0.25) is 6.43 Å². The van der Waals surface area contributed by atoms with E-state index in [0.717, 1.165) is 0 Å². The van der Waals surface area contributed by atoms with E-state index in [4.69, 9.17) is 0 Å². The van der Waals surface area contributed by atoms with Crippen LogP contribution in [0.5, 0.6) is 0 Å². The first-order valence-corrected chi connectivity index (χ1v) is 4.67. The van der Waals surface area contributed by atoms with E-state index in [-0.39, 0.29) is 11.2 Å². The maximum Gasteiger partial charge on any atom is 0.239 e. The lowest BCUT2D eigenvalue weighted by molar-refractivity contribution is 0.140. The van der Waals surface area contributed by atoms with Crippen LogP contribution in [-0.4, -0.2) is 17.4 Å². The van der Waals surface area contributed by atoms with Crippen molar-refractivity contribution in [2.24, 2.45) is 4.40 Å². The molecule has 0 aliphatic carbocycles. The van der Waals surface area contributed by atoms with Crippen molar-refractivity contribution in [2.45, 2.75) is 44.8 Å². The molecule has 0 aromatic rings. The average molecular weight is 195 g/mol. The van der Waals surface area contributed by atoms with Crippen LogP contribution >= 0.6 is 11.9 Å². The van der Waals surface area contributed by atoms with E-state index in [1.165, 1.54) is 11.9 Å². The molecular formula is C8H15F2NS. The Morgan fingerprint density at radius 2 is 2.00 bits per heavy atom. The van der Waals surface area contributed by atoms with Gasteiger partial charge in [0.15, 0.2) is 0 Å². The summed E-state index contributed by atoms with van der Waals surface area (Å²) in [7, 11) is 0. The van der Waals surface area contributed by atoms with Crippen LogP contribution in [0.2, 0.25) is 0 Å². The molecule has 0 fully saturated rings. The fraction of sp³-hybridized carbons (Fsp3) is 0.875. The van der Waals surface area contributed by atoms with Gasteiger partial charge in [0, 0.05) is 17.4 Å². The molecule has 0 spiro atoms. The van der Waals surface area contributed by atoms with Gasteiger partial charge in [-0.15, -0.1) is 0 Å². The molecule has 0 unspecified atom stereocenters. The first-order valence-electron chi connectivity index (χ1n) is 3.90. The largest absolute Gasteiger partial charge is 0.239 e. The van der Waals surface area contributed by atoms with Crippen LogP contribution in [0.25, 0.3) is 0 Å². The molecule has 0 amide bonds. The summed E-state index contributed by atoms with van der Waals surface area (Å²) in [5, 5.41) is 0. The number of halogens is 2. The second-order valence-electron chi connectivity index (χ2n) is 3.46. The lowest BCUT2D eigenvalue weighted by atomic mass is 10.3. The molecule has 0 bridgehead atoms. The minimum Gasteiger partial charge on any atom is -0.228 e. The Morgan fingerprint density at radius 1 is 1.42 bits per heavy atom. The van der Waals surface area contributed by atoms with Gasteiger partial charge in [-0.1, -0.05) is 0 Å². The van der Waals surface area contributed by atoms with Crippen LogP contribution in [0, 0.1) is 0 Å². The molecule has 0 radical (unpaired) electrons. The van der Waals surface area contributed by atoms with Crippen molar-refractivity contribution in [1.82, 2.24) is 0 Å². The fourth-order valence-electron chi connectivity index (χ4n) is 0.449. The Hall–Kier alpha value is -0.120. The molecule has 0 heterocycles. The van der Waals surface area contributed by atoms with Crippen molar-refractivity contribution in [1.29, 1.82) is 0 Å². The topological polar surface area (TPSA) is 12.4 Å². The minimum atomic E-state index is -2.21. The summed E-state index contributed by atoms with van der Waals surface area (Å²) in [6.07, 6.45) is -0.382. The quantitative estimate of drug-likeness (QED) is 0.493. The molecule has 0 saturated carbocycles. The van der Waals surface area contributed by atoms with Gasteiger partial charge in [-0.2, -0.15) is 0 Å². The third kappa shape index (κ3) is 9.88. The van der Waals surface area contributed by atoms with Crippen LogP contribution in [0.1, 0.15) is 33.6 Å². The van der Waals surface area contributed by atoms with Gasteiger partial charge in [0.1, 0.15) is 0 Å². The van der Waals surface area contributed by atoms with Crippen molar-refractivity contribution in [3.63, 3.8) is 0 Å². The maximum atomic E-state index is 11.6. The first-order chi connectivity index (χ1) is 5.42. The third-order valence-electron chi connectivity index (χ3n) is 0.915. The molecule has 0 aliphatic rings. The number of hydrogen-bond donors (Lipinski definition) is 0. The zero-order valence-corrected chi connectivity index (χ0v) is 8.50. The Bertz CT molecular complexity index is 140. The van der Waals surface area contributed by atoms with E-state index >= 15 is 0 Å². The molecular weight excluding hydrogens is 180 g/mol. The molecule has 72 valence electrons. The van der Waals surface area contributed by atoms with Gasteiger partial charge in [-0.25, -0.2) is 13.2 Å². The van der Waals surface area contributed by atoms with Crippen molar-refractivity contribution < 1.29 is 8.78 Å². The molecule has 0 aromatic heterocycles. The number of nitrogens with zero attached hydrogens (tertiary/aromatic N) is 1. The molecule has 0 aromatic carbocycles. The van der Waals surface area contributed by atoms with E-state index in [9.17, 15) is 8.78 Å². The van der Waals surface area contributed by atoms with Crippen molar-refractivity contribution in [3.8, 4) is 0 Å². The molecule has 12 heavy (non-hydrogen) atoms. The van der Waals surface area contributed by atoms with E-state index in [1.807, 2.05) is 20.8 Å². The van der Waals surface area contributed by atoms with Crippen LogP contribution < -0.4 is 0 Å². The zero-order valence-electron chi connectivity index (χ0n) is 7.68. The number of rotatable bonds is 4. The second kappa shape index (κ2) is 5.51. The smallest absolute Gasteiger partial charge is 0.228 e. The zero-order chi connectivity index (χ0) is 9.61. The maximum absolute atomic E-state index is 11.6. The molecule has 4 heteroatoms. The van der Waals surface area contributed by atoms with Crippen molar-refractivity contribution in [3.05, 3.63) is 0 Å². The molecule has 0 saturated heterocycles. The summed E-state index contributed by atoms with van der Waals surface area (Å²) in [6, 6.07) is 0. The van der Waals surface area contributed by atoms with Gasteiger partial charge in [-0.3, -0.25) is 0 Å². The highest BCUT2D eigenvalue weighted by Gasteiger charge is 2.08. The number of hydrogen-bond acceptors (Lipinski definition) is 2. The molecule has 0 rings (SSSR count). The van der Waals surface area contributed by atoms with Crippen LogP contribution in [-0.2, 0) is 0 Å². The van der Waals surface area contributed by atoms with Gasteiger partial charge in [0.25, 0.3) is 0 Å². The normalized spacial score (nSPS) is 13.2. The first kappa shape index (κ1) is 11.9. The Balaban J connectivity index is 3.38. The highest BCUT2D eigenvalue weighted by molar-refractivity contribution is 7.99. The van der Waals surface area contributed by atoms with Crippen molar-refractivity contribution in [2.75, 3.05) is 0 Å². The third-order valence-corrected chi connectivity index (χ3v) is 1.72. The fourth-order valence-corrected chi connectivity index (χ4v) is 0.945. The van der Waals surface area contributed by atoms with Gasteiger partial charge < -0.3 is 0 Å². The van der Waals surface area contributed by atoms with Crippen molar-refractivity contribution >= 4 is 18.2 Å². The summed E-state index contributed by atoms with van der Waals surface area (Å²) in [5.41, 5.74) is 0. The van der Waals surface area contributed by atoms with Gasteiger partial charge >= 0.3 is 0 Å². The van der Waals surface area contributed by atoms with E-state index < -0.39 is 6.43 Å². The van der Waals surface area contributed by atoms with Crippen LogP contribution in [0.4, 0.5) is 8.78 Å². The van der Waals surface area contributed by atoms with Gasteiger partial charge in [0.05, 0.1) is 0 Å². The molecule has 0 N–H and O–H groups in total. The SMILES string of the molecule is CC(C)(C)S/N=C/CCC(F)F. The Labute approximate surface area is 76.8 Å². The Kier molecular flexibility index (Phi) is 5.46. The van der Waals surface area contributed by atoms with Gasteiger partial charge in [-0.05, 0) is 39.1 Å². The minimum absolute atomic E-state index is 0.0708. The number of alkyl halides is 2. The summed E-state index contributed by atoms with van der Waals surface area (Å²) in [5.74, 6) is 0. The lowest BCUT2D eigenvalue weighted by Crippen LogP contribution is -2.04. The highest BCUT2D eigenvalue weighted by Crippen LogP contribution is 2.23. The predicted molar refractivity (Wildman–Crippen MR) is 51.1 cm³/mol. The summed E-state index contributed by atoms with van der Waals surface area (Å²) < 4.78 is 27.3. The van der Waals surface area contributed by atoms with E-state index in [0.29, 0.717) is 6.42 Å². The van der Waals surface area contributed by atoms with Crippen LogP contribution in [0.15, 0.2) is 4.40 Å². The molecule has 0 aliphatic heterocycles. The Morgan fingerprint density at radius 3 is 2.42 bits per heavy atom. The summed E-state index contributed by atoms with van der Waals surface area (Å²) in [4.78, 5) is 0. The summed E-state index contributed by atoms with van der Waals surface area (Å²) >= 11 is 1.41. The predicted octanol–water partition coefficient (Wildman–Crippen LogP) is 3.55. The second-order valence-corrected chi connectivity index (χ2v) is 5.08. The van der Waals surface area contributed by atoms with Crippen LogP contribution in [0.3, 0.4) is 0 Å². The van der Waals surface area contributed by atoms with E-state index in [2.05, 4.69) is 4.40 Å². The molecule has 1 nitrogen and oxygen atoms in total. The monoisotopic (exact) mass is 195 g/mol. The average Bonchev–Trinajstić information content (AvgIpc) is 1.83. The summed E-state index contributed by atoms with van der Waals surface area (Å²) in [6.45, 7) is 6.09. The molecule has 0 atom stereocenters. The van der Waals surface area contributed by atoms with E-state index in [1.54, 1.807) is 6.21 Å². The highest BCUT2D eigenvalue weighted by atomic mass is 32.2. The standard InChI is InChI=1S/C8H15F2NS/c1-8(2,3)12-11-6-4-5-7(9)10/h6-7H,4-5H2,1-3H3/b11-6+. The lowest BCUT2D eigenvalue weighted by Gasteiger charge is -2.11.